The van der Waals surface area contributed by atoms with Gasteiger partial charge in [-0.25, -0.2) is 8.78 Å². The second-order valence-corrected chi connectivity index (χ2v) is 1.85. The number of hydrogen-bond donors (Lipinski definition) is 0. The van der Waals surface area contributed by atoms with Gasteiger partial charge in [0.25, 0.3) is 0 Å². The maximum atomic E-state index is 11.6. The van der Waals surface area contributed by atoms with E-state index < -0.39 is 24.9 Å². The van der Waals surface area contributed by atoms with Crippen molar-refractivity contribution in [1.82, 2.24) is 0 Å². The molecule has 0 aromatic carbocycles. The van der Waals surface area contributed by atoms with Crippen LogP contribution < -0.4 is 0 Å². The summed E-state index contributed by atoms with van der Waals surface area (Å²) in [6, 6.07) is 0. The monoisotopic (exact) mass is 184 g/mol. The lowest BCUT2D eigenvalue weighted by Gasteiger charge is -2.16. The van der Waals surface area contributed by atoms with E-state index in [0.717, 1.165) is 0 Å². The average molecular weight is 184 g/mol. The predicted molar refractivity (Wildman–Crippen MR) is 21.6 cm³/mol. The van der Waals surface area contributed by atoms with E-state index in [9.17, 15) is 30.7 Å². The first-order valence-electron chi connectivity index (χ1n) is 2.38. The highest BCUT2D eigenvalue weighted by molar-refractivity contribution is 4.72. The molecule has 0 N–H and O–H groups in total. The van der Waals surface area contributed by atoms with Gasteiger partial charge in [-0.1, -0.05) is 0 Å². The van der Waals surface area contributed by atoms with Crippen LogP contribution in [0.25, 0.3) is 0 Å². The summed E-state index contributed by atoms with van der Waals surface area (Å²) in [4.78, 5) is 0. The first-order chi connectivity index (χ1) is 4.65. The molecule has 0 radical (unpaired) electrons. The van der Waals surface area contributed by atoms with Gasteiger partial charge in [0, 0.05) is 0 Å². The van der Waals surface area contributed by atoms with Crippen molar-refractivity contribution >= 4 is 0 Å². The summed E-state index contributed by atoms with van der Waals surface area (Å²) < 4.78 is 78.6. The van der Waals surface area contributed by atoms with E-state index in [-0.39, 0.29) is 0 Å². The van der Waals surface area contributed by atoms with Gasteiger partial charge in [-0.2, -0.15) is 22.0 Å². The minimum Gasteiger partial charge on any atom is -0.204 e. The molecule has 0 aliphatic heterocycles. The molecule has 7 heteroatoms. The molecule has 0 aliphatic carbocycles. The zero-order valence-corrected chi connectivity index (χ0v) is 4.93. The Morgan fingerprint density at radius 1 is 0.909 bits per heavy atom. The molecular weight excluding hydrogens is 181 g/mol. The van der Waals surface area contributed by atoms with Crippen molar-refractivity contribution in [3.63, 3.8) is 0 Å². The van der Waals surface area contributed by atoms with Gasteiger partial charge in [0.1, 0.15) is 6.42 Å². The van der Waals surface area contributed by atoms with Crippen LogP contribution in [0.2, 0.25) is 0 Å². The van der Waals surface area contributed by atoms with E-state index in [1.807, 2.05) is 0 Å². The van der Waals surface area contributed by atoms with Crippen molar-refractivity contribution in [3.05, 3.63) is 0 Å². The molecule has 0 unspecified atom stereocenters. The topological polar surface area (TPSA) is 0 Å². The van der Waals surface area contributed by atoms with Crippen molar-refractivity contribution in [2.45, 2.75) is 24.9 Å². The van der Waals surface area contributed by atoms with E-state index in [2.05, 4.69) is 0 Å². The third kappa shape index (κ3) is 4.05. The van der Waals surface area contributed by atoms with Crippen LogP contribution in [0.4, 0.5) is 30.7 Å². The molecule has 0 spiro atoms. The smallest absolute Gasteiger partial charge is 0.204 e. The third-order valence-corrected chi connectivity index (χ3v) is 0.755. The zero-order valence-electron chi connectivity index (χ0n) is 4.93. The van der Waals surface area contributed by atoms with Crippen LogP contribution in [0.15, 0.2) is 0 Å². The van der Waals surface area contributed by atoms with Gasteiger partial charge in [0.05, 0.1) is 0 Å². The van der Waals surface area contributed by atoms with Crippen molar-refractivity contribution in [2.75, 3.05) is 0 Å². The molecule has 0 heterocycles. The van der Waals surface area contributed by atoms with E-state index in [1.165, 1.54) is 0 Å². The second kappa shape index (κ2) is 2.86. The Kier molecular flexibility index (Phi) is 2.74. The molecule has 11 heavy (non-hydrogen) atoms. The van der Waals surface area contributed by atoms with Crippen molar-refractivity contribution in [3.8, 4) is 0 Å². The third-order valence-electron chi connectivity index (χ3n) is 0.755. The lowest BCUT2D eigenvalue weighted by Crippen LogP contribution is -2.32. The SMILES string of the molecule is FC(F)C(F)(F)CC(F)(F)F. The molecule has 0 aliphatic rings. The summed E-state index contributed by atoms with van der Waals surface area (Å²) in [6.07, 6.45) is -12.3. The highest BCUT2D eigenvalue weighted by atomic mass is 19.4. The second-order valence-electron chi connectivity index (χ2n) is 1.85. The maximum Gasteiger partial charge on any atom is 0.395 e. The van der Waals surface area contributed by atoms with Gasteiger partial charge in [0.15, 0.2) is 0 Å². The summed E-state index contributed by atoms with van der Waals surface area (Å²) in [7, 11) is 0. The highest BCUT2D eigenvalue weighted by Crippen LogP contribution is 2.35. The molecule has 0 nitrogen and oxygen atoms in total. The fraction of sp³-hybridized carbons (Fsp3) is 1.00. The Morgan fingerprint density at radius 2 is 1.27 bits per heavy atom. The molecule has 0 aromatic rings. The van der Waals surface area contributed by atoms with Crippen LogP contribution >= 0.6 is 0 Å². The molecule has 0 fully saturated rings. The zero-order chi connectivity index (χ0) is 9.28. The minimum atomic E-state index is -5.26. The number of alkyl halides is 7. The molecular formula is C4H3F7. The standard InChI is InChI=1S/C4H3F7/c5-2(6)3(7,8)1-4(9,10)11/h2H,1H2. The van der Waals surface area contributed by atoms with E-state index in [4.69, 9.17) is 0 Å². The molecule has 68 valence electrons. The largest absolute Gasteiger partial charge is 0.395 e. The summed E-state index contributed by atoms with van der Waals surface area (Å²) >= 11 is 0. The summed E-state index contributed by atoms with van der Waals surface area (Å²) in [6.45, 7) is 0. The van der Waals surface area contributed by atoms with Gasteiger partial charge < -0.3 is 0 Å². The van der Waals surface area contributed by atoms with Crippen LogP contribution in [-0.4, -0.2) is 18.5 Å². The molecule has 0 atom stereocenters. The van der Waals surface area contributed by atoms with Crippen LogP contribution in [0.5, 0.6) is 0 Å². The lowest BCUT2D eigenvalue weighted by atomic mass is 10.2. The molecule has 0 rings (SSSR count). The normalized spacial score (nSPS) is 14.2. The van der Waals surface area contributed by atoms with Gasteiger partial charge in [-0.05, 0) is 0 Å². The minimum absolute atomic E-state index is 2.78. The summed E-state index contributed by atoms with van der Waals surface area (Å²) in [5.41, 5.74) is 0. The Bertz CT molecular complexity index is 123. The number of halogens is 7. The van der Waals surface area contributed by atoms with E-state index in [1.54, 1.807) is 0 Å². The molecule has 0 aromatic heterocycles. The van der Waals surface area contributed by atoms with Gasteiger partial charge in [0.2, 0.25) is 0 Å². The van der Waals surface area contributed by atoms with Crippen LogP contribution in [-0.2, 0) is 0 Å². The summed E-state index contributed by atoms with van der Waals surface area (Å²) in [5, 5.41) is 0. The molecule has 0 saturated carbocycles. The average Bonchev–Trinajstić information content (AvgIpc) is 1.56. The van der Waals surface area contributed by atoms with Crippen LogP contribution in [0.3, 0.4) is 0 Å². The number of rotatable bonds is 2. The van der Waals surface area contributed by atoms with Crippen molar-refractivity contribution < 1.29 is 30.7 Å². The summed E-state index contributed by atoms with van der Waals surface area (Å²) in [5.74, 6) is -4.97. The van der Waals surface area contributed by atoms with E-state index in [0.29, 0.717) is 0 Å². The molecule has 0 bridgehead atoms. The number of hydrogen-bond acceptors (Lipinski definition) is 0. The Hall–Kier alpha value is -0.490. The van der Waals surface area contributed by atoms with Crippen LogP contribution in [0.1, 0.15) is 6.42 Å². The van der Waals surface area contributed by atoms with Crippen LogP contribution in [0, 0.1) is 0 Å². The maximum absolute atomic E-state index is 11.6. The highest BCUT2D eigenvalue weighted by Gasteiger charge is 2.50. The van der Waals surface area contributed by atoms with Gasteiger partial charge in [-0.3, -0.25) is 0 Å². The van der Waals surface area contributed by atoms with Crippen molar-refractivity contribution in [1.29, 1.82) is 0 Å². The molecule has 0 amide bonds. The quantitative estimate of drug-likeness (QED) is 0.579. The lowest BCUT2D eigenvalue weighted by molar-refractivity contribution is -0.222. The van der Waals surface area contributed by atoms with Gasteiger partial charge in [-0.15, -0.1) is 0 Å². The first-order valence-corrected chi connectivity index (χ1v) is 2.38. The van der Waals surface area contributed by atoms with E-state index >= 15 is 0 Å². The Labute approximate surface area is 57.0 Å². The fourth-order valence-electron chi connectivity index (χ4n) is 0.344. The van der Waals surface area contributed by atoms with Gasteiger partial charge >= 0.3 is 18.5 Å². The predicted octanol–water partition coefficient (Wildman–Crippen LogP) is 2.84. The first kappa shape index (κ1) is 10.5. The fourth-order valence-corrected chi connectivity index (χ4v) is 0.344. The molecule has 0 saturated heterocycles. The van der Waals surface area contributed by atoms with Crippen molar-refractivity contribution in [2.24, 2.45) is 0 Å². The Morgan fingerprint density at radius 3 is 1.36 bits per heavy atom. The Balaban J connectivity index is 4.13.